The summed E-state index contributed by atoms with van der Waals surface area (Å²) in [4.78, 5) is 54.9. The number of aryl methyl sites for hydroxylation is 2. The van der Waals surface area contributed by atoms with Gasteiger partial charge in [-0.3, -0.25) is 28.5 Å². The van der Waals surface area contributed by atoms with E-state index in [1.807, 2.05) is 92.1 Å². The molecule has 0 spiro atoms. The predicted octanol–water partition coefficient (Wildman–Crippen LogP) is 8.94. The maximum Gasteiger partial charge on any atom is 0.296 e. The van der Waals surface area contributed by atoms with E-state index in [1.54, 1.807) is 50.7 Å². The third kappa shape index (κ3) is 10.6. The molecule has 0 bridgehead atoms. The van der Waals surface area contributed by atoms with Gasteiger partial charge in [0.1, 0.15) is 12.7 Å². The standard InChI is InChI=1S/C24H17ClN6O2.C16H14N6.C8H4Cl2O2/c1-30-12-18(11-27-30)17-10-21-22(26-14-28-31(21)13-17)15-4-8-20(9-5-15)29-24(33)23(32)16-2-6-19(25)7-3-16;1-21-8-13(7-19-21)12-6-15-16(18-10-20-22(15)9-12)11-2-4-14(17)5-3-11;9-6-3-1-5(2-4-6)7(11)8(10)12/h2-14H,1H3,(H,29,33);2-10H,17H2,1H3;1-4H. The number of nitrogen functional groups attached to an aromatic ring is 1. The predicted molar refractivity (Wildman–Crippen MR) is 257 cm³/mol. The first-order valence-electron chi connectivity index (χ1n) is 20.0. The lowest BCUT2D eigenvalue weighted by Crippen LogP contribution is -2.22. The fourth-order valence-electron chi connectivity index (χ4n) is 6.75. The first-order valence-corrected chi connectivity index (χ1v) is 21.1. The van der Waals surface area contributed by atoms with E-state index < -0.39 is 22.7 Å². The minimum atomic E-state index is -0.989. The number of anilines is 2. The van der Waals surface area contributed by atoms with E-state index in [0.29, 0.717) is 15.7 Å². The summed E-state index contributed by atoms with van der Waals surface area (Å²) in [6.45, 7) is 0. The Morgan fingerprint density at radius 2 is 0.955 bits per heavy atom. The van der Waals surface area contributed by atoms with Crippen LogP contribution in [0, 0.1) is 0 Å². The number of nitrogens with one attached hydrogen (secondary N) is 1. The van der Waals surface area contributed by atoms with Gasteiger partial charge in [-0.25, -0.2) is 19.0 Å². The van der Waals surface area contributed by atoms with E-state index in [1.165, 1.54) is 42.7 Å². The number of carbonyl (C=O) groups excluding carboxylic acids is 4. The van der Waals surface area contributed by atoms with Crippen molar-refractivity contribution in [2.75, 3.05) is 11.1 Å². The van der Waals surface area contributed by atoms with Crippen LogP contribution in [0.2, 0.25) is 10.0 Å². The molecule has 0 saturated carbocycles. The summed E-state index contributed by atoms with van der Waals surface area (Å²) in [7, 11) is 3.77. The molecular weight excluding hydrogens is 915 g/mol. The molecule has 1 amide bonds. The molecule has 0 aliphatic carbocycles. The Bertz CT molecular complexity index is 3420. The number of nitrogens with zero attached hydrogens (tertiary/aromatic N) is 10. The lowest BCUT2D eigenvalue weighted by atomic mass is 10.1. The molecule has 0 fully saturated rings. The maximum atomic E-state index is 12.3. The van der Waals surface area contributed by atoms with E-state index in [0.717, 1.165) is 61.5 Å². The van der Waals surface area contributed by atoms with Crippen molar-refractivity contribution in [2.24, 2.45) is 14.1 Å². The highest BCUT2D eigenvalue weighted by Crippen LogP contribution is 2.30. The summed E-state index contributed by atoms with van der Waals surface area (Å²) in [5.74, 6) is -2.07. The summed E-state index contributed by atoms with van der Waals surface area (Å²) in [5.41, 5.74) is 16.9. The number of aromatic nitrogens is 10. The van der Waals surface area contributed by atoms with Crippen LogP contribution in [0.5, 0.6) is 0 Å². The van der Waals surface area contributed by atoms with Crippen LogP contribution in [0.15, 0.2) is 159 Å². The van der Waals surface area contributed by atoms with E-state index >= 15 is 0 Å². The summed E-state index contributed by atoms with van der Waals surface area (Å²) < 4.78 is 7.13. The summed E-state index contributed by atoms with van der Waals surface area (Å²) in [6, 6.07) is 31.0. The Kier molecular flexibility index (Phi) is 13.4. The van der Waals surface area contributed by atoms with Crippen molar-refractivity contribution in [1.82, 2.24) is 48.8 Å². The zero-order valence-corrected chi connectivity index (χ0v) is 37.6. The molecule has 19 heteroatoms. The highest BCUT2D eigenvalue weighted by molar-refractivity contribution is 6.83. The molecule has 0 unspecified atom stereocenters. The second kappa shape index (κ2) is 19.8. The van der Waals surface area contributed by atoms with Gasteiger partial charge in [0, 0.05) is 105 Å². The number of hydrogen-bond acceptors (Lipinski definition) is 11. The second-order valence-electron chi connectivity index (χ2n) is 14.7. The van der Waals surface area contributed by atoms with Crippen molar-refractivity contribution >= 4 is 79.9 Å². The van der Waals surface area contributed by atoms with Gasteiger partial charge in [0.15, 0.2) is 0 Å². The van der Waals surface area contributed by atoms with E-state index in [2.05, 4.69) is 41.7 Å². The molecule has 10 aromatic rings. The molecule has 0 saturated heterocycles. The molecule has 6 heterocycles. The molecule has 67 heavy (non-hydrogen) atoms. The lowest BCUT2D eigenvalue weighted by molar-refractivity contribution is -0.112. The first-order chi connectivity index (χ1) is 32.3. The summed E-state index contributed by atoms with van der Waals surface area (Å²) >= 11 is 16.4. The van der Waals surface area contributed by atoms with Crippen molar-refractivity contribution in [3.8, 4) is 44.8 Å². The molecule has 0 radical (unpaired) electrons. The van der Waals surface area contributed by atoms with Gasteiger partial charge in [-0.15, -0.1) is 0 Å². The zero-order valence-electron chi connectivity index (χ0n) is 35.3. The Hall–Kier alpha value is -8.31. The third-order valence-electron chi connectivity index (χ3n) is 10.1. The fourth-order valence-corrected chi connectivity index (χ4v) is 7.11. The number of carbonyl (C=O) groups is 4. The quantitative estimate of drug-likeness (QED) is 0.0605. The maximum absolute atomic E-state index is 12.3. The van der Waals surface area contributed by atoms with Gasteiger partial charge >= 0.3 is 0 Å². The van der Waals surface area contributed by atoms with E-state index in [4.69, 9.17) is 40.5 Å². The Morgan fingerprint density at radius 3 is 1.37 bits per heavy atom. The monoisotopic (exact) mass is 948 g/mol. The average Bonchev–Trinajstić information content (AvgIpc) is 4.17. The summed E-state index contributed by atoms with van der Waals surface area (Å²) in [6.07, 6.45) is 14.5. The van der Waals surface area contributed by atoms with Gasteiger partial charge in [-0.05, 0) is 96.5 Å². The molecular formula is C48H35Cl3N12O4. The van der Waals surface area contributed by atoms with Gasteiger partial charge in [0.05, 0.1) is 34.8 Å². The van der Waals surface area contributed by atoms with Crippen LogP contribution in [0.25, 0.3) is 55.8 Å². The third-order valence-corrected chi connectivity index (χ3v) is 10.8. The minimum absolute atomic E-state index is 0.249. The highest BCUT2D eigenvalue weighted by Gasteiger charge is 2.18. The Labute approximate surface area is 396 Å². The smallest absolute Gasteiger partial charge is 0.296 e. The Morgan fingerprint density at radius 1 is 0.522 bits per heavy atom. The molecule has 16 nitrogen and oxygen atoms in total. The topological polar surface area (TPSA) is 202 Å². The number of hydrogen-bond donors (Lipinski definition) is 2. The van der Waals surface area contributed by atoms with E-state index in [9.17, 15) is 19.2 Å². The molecule has 0 aliphatic heterocycles. The minimum Gasteiger partial charge on any atom is -0.399 e. The summed E-state index contributed by atoms with van der Waals surface area (Å²) in [5, 5.41) is 19.7. The van der Waals surface area contributed by atoms with Crippen LogP contribution in [0.4, 0.5) is 11.4 Å². The second-order valence-corrected chi connectivity index (χ2v) is 16.0. The van der Waals surface area contributed by atoms with Gasteiger partial charge in [0.25, 0.3) is 16.9 Å². The number of ketones is 2. The molecule has 0 atom stereocenters. The van der Waals surface area contributed by atoms with Gasteiger partial charge < -0.3 is 11.1 Å². The van der Waals surface area contributed by atoms with Crippen LogP contribution in [-0.4, -0.2) is 71.5 Å². The van der Waals surface area contributed by atoms with Crippen LogP contribution in [-0.2, 0) is 23.7 Å². The molecule has 0 aliphatic rings. The molecule has 10 rings (SSSR count). The highest BCUT2D eigenvalue weighted by atomic mass is 35.5. The van der Waals surface area contributed by atoms with Crippen molar-refractivity contribution in [2.45, 2.75) is 0 Å². The molecule has 6 aromatic heterocycles. The van der Waals surface area contributed by atoms with Crippen molar-refractivity contribution < 1.29 is 19.2 Å². The SMILES string of the molecule is Cn1cc(-c2cc3c(-c4ccc(N)cc4)ncnn3c2)cn1.Cn1cc(-c2cc3c(-c4ccc(NC(=O)C(=O)c5ccc(Cl)cc5)cc4)ncnn3c2)cn1.O=C(Cl)C(=O)c1ccc(Cl)cc1. The zero-order chi connectivity index (χ0) is 47.2. The fraction of sp³-hybridized carbons (Fsp3) is 0.0417. The van der Waals surface area contributed by atoms with Crippen LogP contribution < -0.4 is 11.1 Å². The molecule has 332 valence electrons. The van der Waals surface area contributed by atoms with Crippen LogP contribution in [0.1, 0.15) is 20.7 Å². The van der Waals surface area contributed by atoms with Crippen molar-refractivity contribution in [1.29, 1.82) is 0 Å². The first kappa shape index (κ1) is 45.3. The molecule has 4 aromatic carbocycles. The van der Waals surface area contributed by atoms with Crippen LogP contribution >= 0.6 is 34.8 Å². The average molecular weight is 950 g/mol. The van der Waals surface area contributed by atoms with Crippen molar-refractivity contribution in [3.05, 3.63) is 180 Å². The van der Waals surface area contributed by atoms with Gasteiger partial charge in [-0.2, -0.15) is 20.4 Å². The van der Waals surface area contributed by atoms with Crippen molar-refractivity contribution in [3.63, 3.8) is 0 Å². The van der Waals surface area contributed by atoms with Gasteiger partial charge in [0.2, 0.25) is 5.78 Å². The van der Waals surface area contributed by atoms with E-state index in [-0.39, 0.29) is 11.1 Å². The number of Topliss-reactive ketones (excluding diaryl/α,β-unsaturated/α-hetero) is 2. The lowest BCUT2D eigenvalue weighted by Gasteiger charge is -2.07. The van der Waals surface area contributed by atoms with Gasteiger partial charge in [-0.1, -0.05) is 47.5 Å². The normalized spacial score (nSPS) is 10.8. The van der Waals surface area contributed by atoms with Crippen LogP contribution in [0.3, 0.4) is 0 Å². The number of nitrogens with two attached hydrogens (primary N) is 1. The number of benzene rings is 4. The largest absolute Gasteiger partial charge is 0.399 e. The number of rotatable bonds is 9. The molecule has 3 N–H and O–H groups in total. The Balaban J connectivity index is 0.000000153. The number of amides is 1. The number of halogens is 3. The number of fused-ring (bicyclic) bond motifs is 2.